The number of nitriles is 1. The second kappa shape index (κ2) is 5.57. The van der Waals surface area contributed by atoms with Crippen LogP contribution in [0.25, 0.3) is 0 Å². The van der Waals surface area contributed by atoms with E-state index in [0.29, 0.717) is 19.4 Å². The van der Waals surface area contributed by atoms with Gasteiger partial charge in [-0.3, -0.25) is 0 Å². The number of hydrogen-bond donors (Lipinski definition) is 2. The molecule has 1 fully saturated rings. The molecule has 0 unspecified atom stereocenters. The molecule has 1 atom stereocenters. The predicted molar refractivity (Wildman–Crippen MR) is 67.5 cm³/mol. The summed E-state index contributed by atoms with van der Waals surface area (Å²) in [6, 6.07) is 3.91. The normalized spacial score (nSPS) is 17.6. The summed E-state index contributed by atoms with van der Waals surface area (Å²) in [6.07, 6.45) is 0.985. The molecule has 1 aromatic carbocycles. The Balaban J connectivity index is 2.12. The summed E-state index contributed by atoms with van der Waals surface area (Å²) in [7, 11) is 0. The van der Waals surface area contributed by atoms with Gasteiger partial charge < -0.3 is 15.3 Å². The topological polar surface area (TPSA) is 93.4 Å². The number of halogens is 1. The second-order valence-corrected chi connectivity index (χ2v) is 4.43. The Morgan fingerprint density at radius 2 is 2.25 bits per heavy atom. The van der Waals surface area contributed by atoms with Crippen LogP contribution in [0, 0.1) is 17.1 Å². The van der Waals surface area contributed by atoms with Crippen LogP contribution >= 0.6 is 0 Å². The third-order valence-corrected chi connectivity index (χ3v) is 3.14. The Kier molecular flexibility index (Phi) is 3.84. The summed E-state index contributed by atoms with van der Waals surface area (Å²) in [6.45, 7) is 0.320. The van der Waals surface area contributed by atoms with E-state index in [4.69, 9.17) is 10.4 Å². The summed E-state index contributed by atoms with van der Waals surface area (Å²) in [5, 5.41) is 19.9. The first-order valence-corrected chi connectivity index (χ1v) is 6.03. The fraction of sp³-hybridized carbons (Fsp3) is 0.308. The van der Waals surface area contributed by atoms with Gasteiger partial charge in [0.25, 0.3) is 0 Å². The maximum Gasteiger partial charge on any atom is 0.326 e. The van der Waals surface area contributed by atoms with Crippen molar-refractivity contribution in [2.45, 2.75) is 18.9 Å². The number of carboxylic acid groups (broad SMARTS) is 1. The lowest BCUT2D eigenvalue weighted by Gasteiger charge is -2.21. The number of carboxylic acids is 1. The molecule has 2 rings (SSSR count). The number of benzene rings is 1. The molecule has 1 aromatic rings. The molecule has 2 amide bonds. The van der Waals surface area contributed by atoms with Crippen LogP contribution in [-0.2, 0) is 4.79 Å². The molecule has 0 bridgehead atoms. The van der Waals surface area contributed by atoms with Gasteiger partial charge in [-0.15, -0.1) is 0 Å². The zero-order valence-corrected chi connectivity index (χ0v) is 10.5. The van der Waals surface area contributed by atoms with E-state index in [9.17, 15) is 14.0 Å². The highest BCUT2D eigenvalue weighted by molar-refractivity contribution is 5.92. The van der Waals surface area contributed by atoms with E-state index in [1.54, 1.807) is 6.07 Å². The first-order chi connectivity index (χ1) is 9.52. The van der Waals surface area contributed by atoms with E-state index >= 15 is 0 Å². The minimum absolute atomic E-state index is 0.0787. The summed E-state index contributed by atoms with van der Waals surface area (Å²) < 4.78 is 13.6. The summed E-state index contributed by atoms with van der Waals surface area (Å²) in [4.78, 5) is 24.1. The number of urea groups is 1. The van der Waals surface area contributed by atoms with Crippen molar-refractivity contribution in [3.8, 4) is 6.07 Å². The molecule has 7 heteroatoms. The summed E-state index contributed by atoms with van der Waals surface area (Å²) in [5.41, 5.74) is 0.0649. The standard InChI is InChI=1S/C13H12FN3O3/c14-9-6-8(7-15)3-4-10(9)16-13(20)17-5-1-2-11(17)12(18)19/h3-4,6,11H,1-2,5H2,(H,16,20)(H,18,19)/t11-/m0/s1. The minimum atomic E-state index is -1.07. The largest absolute Gasteiger partial charge is 0.480 e. The van der Waals surface area contributed by atoms with E-state index in [-0.39, 0.29) is 11.3 Å². The lowest BCUT2D eigenvalue weighted by molar-refractivity contribution is -0.141. The van der Waals surface area contributed by atoms with Crippen LogP contribution in [0.1, 0.15) is 18.4 Å². The number of anilines is 1. The number of amides is 2. The second-order valence-electron chi connectivity index (χ2n) is 4.43. The van der Waals surface area contributed by atoms with Gasteiger partial charge in [0.15, 0.2) is 0 Å². The highest BCUT2D eigenvalue weighted by atomic mass is 19.1. The Morgan fingerprint density at radius 1 is 1.50 bits per heavy atom. The number of hydrogen-bond acceptors (Lipinski definition) is 3. The number of nitrogens with zero attached hydrogens (tertiary/aromatic N) is 2. The van der Waals surface area contributed by atoms with Crippen molar-refractivity contribution in [2.24, 2.45) is 0 Å². The molecule has 1 saturated heterocycles. The number of rotatable bonds is 2. The Morgan fingerprint density at radius 3 is 2.85 bits per heavy atom. The lowest BCUT2D eigenvalue weighted by Crippen LogP contribution is -2.42. The van der Waals surface area contributed by atoms with E-state index in [1.807, 2.05) is 0 Å². The number of aliphatic carboxylic acids is 1. The lowest BCUT2D eigenvalue weighted by atomic mass is 10.2. The first-order valence-electron chi connectivity index (χ1n) is 6.03. The molecule has 2 N–H and O–H groups in total. The van der Waals surface area contributed by atoms with E-state index < -0.39 is 23.9 Å². The van der Waals surface area contributed by atoms with E-state index in [0.717, 1.165) is 6.07 Å². The van der Waals surface area contributed by atoms with Crippen LogP contribution in [0.4, 0.5) is 14.9 Å². The van der Waals surface area contributed by atoms with Crippen LogP contribution < -0.4 is 5.32 Å². The van der Waals surface area contributed by atoms with Gasteiger partial charge in [-0.2, -0.15) is 5.26 Å². The quantitative estimate of drug-likeness (QED) is 0.861. The van der Waals surface area contributed by atoms with Crippen LogP contribution in [0.3, 0.4) is 0 Å². The molecule has 1 aliphatic rings. The molecular weight excluding hydrogens is 265 g/mol. The maximum atomic E-state index is 13.6. The fourth-order valence-corrected chi connectivity index (χ4v) is 2.14. The third-order valence-electron chi connectivity index (χ3n) is 3.14. The van der Waals surface area contributed by atoms with Crippen LogP contribution in [0.5, 0.6) is 0 Å². The molecule has 1 heterocycles. The van der Waals surface area contributed by atoms with E-state index in [2.05, 4.69) is 5.32 Å². The van der Waals surface area contributed by atoms with Gasteiger partial charge in [0, 0.05) is 6.54 Å². The zero-order valence-electron chi connectivity index (χ0n) is 10.5. The maximum absolute atomic E-state index is 13.6. The van der Waals surface area contributed by atoms with Crippen LogP contribution in [0.15, 0.2) is 18.2 Å². The van der Waals surface area contributed by atoms with Gasteiger partial charge in [0.2, 0.25) is 0 Å². The van der Waals surface area contributed by atoms with Gasteiger partial charge in [-0.25, -0.2) is 14.0 Å². The van der Waals surface area contributed by atoms with Gasteiger partial charge in [-0.1, -0.05) is 0 Å². The van der Waals surface area contributed by atoms with Crippen molar-refractivity contribution in [3.63, 3.8) is 0 Å². The Labute approximate surface area is 114 Å². The van der Waals surface area contributed by atoms with Crippen molar-refractivity contribution in [2.75, 3.05) is 11.9 Å². The van der Waals surface area contributed by atoms with Crippen LogP contribution in [0.2, 0.25) is 0 Å². The SMILES string of the molecule is N#Cc1ccc(NC(=O)N2CCC[C@H]2C(=O)O)c(F)c1. The monoisotopic (exact) mass is 277 g/mol. The average Bonchev–Trinajstić information content (AvgIpc) is 2.90. The van der Waals surface area contributed by atoms with Gasteiger partial charge in [-0.05, 0) is 31.0 Å². The zero-order chi connectivity index (χ0) is 14.7. The van der Waals surface area contributed by atoms with E-state index in [1.165, 1.54) is 17.0 Å². The van der Waals surface area contributed by atoms with Gasteiger partial charge in [0.05, 0.1) is 17.3 Å². The van der Waals surface area contributed by atoms with Crippen molar-refractivity contribution in [3.05, 3.63) is 29.6 Å². The Bertz CT molecular complexity index is 597. The van der Waals surface area contributed by atoms with Crippen molar-refractivity contribution in [1.29, 1.82) is 5.26 Å². The molecular formula is C13H12FN3O3. The third kappa shape index (κ3) is 2.69. The average molecular weight is 277 g/mol. The molecule has 20 heavy (non-hydrogen) atoms. The fourth-order valence-electron chi connectivity index (χ4n) is 2.14. The Hall–Kier alpha value is -2.62. The smallest absolute Gasteiger partial charge is 0.326 e. The molecule has 104 valence electrons. The molecule has 1 aliphatic heterocycles. The molecule has 0 radical (unpaired) electrons. The molecule has 0 aliphatic carbocycles. The summed E-state index contributed by atoms with van der Waals surface area (Å²) >= 11 is 0. The molecule has 0 spiro atoms. The number of nitrogens with one attached hydrogen (secondary N) is 1. The van der Waals surface area contributed by atoms with Crippen molar-refractivity contribution < 1.29 is 19.1 Å². The van der Waals surface area contributed by atoms with Crippen molar-refractivity contribution >= 4 is 17.7 Å². The van der Waals surface area contributed by atoms with Gasteiger partial charge >= 0.3 is 12.0 Å². The molecule has 6 nitrogen and oxygen atoms in total. The number of carbonyl (C=O) groups is 2. The predicted octanol–water partition coefficient (Wildman–Crippen LogP) is 1.78. The highest BCUT2D eigenvalue weighted by Crippen LogP contribution is 2.21. The number of likely N-dealkylation sites (tertiary alicyclic amines) is 1. The number of carbonyl (C=O) groups excluding carboxylic acids is 1. The van der Waals surface area contributed by atoms with Gasteiger partial charge in [0.1, 0.15) is 11.9 Å². The minimum Gasteiger partial charge on any atom is -0.480 e. The highest BCUT2D eigenvalue weighted by Gasteiger charge is 2.34. The first kappa shape index (κ1) is 13.8. The van der Waals surface area contributed by atoms with Crippen molar-refractivity contribution in [1.82, 2.24) is 4.90 Å². The molecule has 0 saturated carbocycles. The molecule has 0 aromatic heterocycles. The summed E-state index contributed by atoms with van der Waals surface area (Å²) in [5.74, 6) is -1.80. The van der Waals surface area contributed by atoms with Crippen LogP contribution in [-0.4, -0.2) is 34.6 Å².